The van der Waals surface area contributed by atoms with Crippen molar-refractivity contribution in [3.63, 3.8) is 0 Å². The standard InChI is InChI=1S/C8H12N2O/c1-4-10-6-8(5-9-3)7(2)11/h5-6H,3-4H2,1-2H3/b8-5+,10-6?. The molecule has 0 radical (unpaired) electrons. The maximum absolute atomic E-state index is 10.8. The van der Waals surface area contributed by atoms with Crippen molar-refractivity contribution in [2.24, 2.45) is 9.98 Å². The highest BCUT2D eigenvalue weighted by atomic mass is 16.1. The zero-order valence-electron chi connectivity index (χ0n) is 6.87. The predicted octanol–water partition coefficient (Wildman–Crippen LogP) is 1.25. The van der Waals surface area contributed by atoms with Gasteiger partial charge in [0.25, 0.3) is 0 Å². The largest absolute Gasteiger partial charge is 0.294 e. The summed E-state index contributed by atoms with van der Waals surface area (Å²) in [5, 5.41) is 0. The molecular weight excluding hydrogens is 140 g/mol. The first-order chi connectivity index (χ1) is 5.22. The minimum atomic E-state index is -0.0467. The lowest BCUT2D eigenvalue weighted by Crippen LogP contribution is -1.97. The molecule has 0 heterocycles. The first-order valence-electron chi connectivity index (χ1n) is 3.39. The summed E-state index contributed by atoms with van der Waals surface area (Å²) in [7, 11) is 0. The monoisotopic (exact) mass is 152 g/mol. The summed E-state index contributed by atoms with van der Waals surface area (Å²) in [4.78, 5) is 18.2. The normalized spacial score (nSPS) is 12.0. The second kappa shape index (κ2) is 5.53. The molecule has 3 heteroatoms. The number of ketones is 1. The fourth-order valence-corrected chi connectivity index (χ4v) is 0.503. The molecule has 0 aliphatic carbocycles. The topological polar surface area (TPSA) is 41.8 Å². The van der Waals surface area contributed by atoms with Crippen LogP contribution in [0.5, 0.6) is 0 Å². The van der Waals surface area contributed by atoms with Gasteiger partial charge in [-0.25, -0.2) is 0 Å². The number of rotatable bonds is 4. The Morgan fingerprint density at radius 1 is 1.64 bits per heavy atom. The fourth-order valence-electron chi connectivity index (χ4n) is 0.503. The van der Waals surface area contributed by atoms with Crippen molar-refractivity contribution in [1.82, 2.24) is 0 Å². The Morgan fingerprint density at radius 3 is 2.64 bits per heavy atom. The average molecular weight is 152 g/mol. The Hall–Kier alpha value is -1.25. The highest BCUT2D eigenvalue weighted by molar-refractivity contribution is 6.12. The van der Waals surface area contributed by atoms with E-state index < -0.39 is 0 Å². The summed E-state index contributed by atoms with van der Waals surface area (Å²) >= 11 is 0. The van der Waals surface area contributed by atoms with Crippen LogP contribution in [0.2, 0.25) is 0 Å². The van der Waals surface area contributed by atoms with Crippen LogP contribution in [0.25, 0.3) is 0 Å². The van der Waals surface area contributed by atoms with Crippen molar-refractivity contribution < 1.29 is 4.79 Å². The van der Waals surface area contributed by atoms with Crippen molar-refractivity contribution in [2.75, 3.05) is 6.54 Å². The lowest BCUT2D eigenvalue weighted by Gasteiger charge is -1.90. The number of Topliss-reactive ketones (excluding diaryl/α,β-unsaturated/α-hetero) is 1. The predicted molar refractivity (Wildman–Crippen MR) is 47.3 cm³/mol. The summed E-state index contributed by atoms with van der Waals surface area (Å²) in [6.45, 7) is 7.29. The van der Waals surface area contributed by atoms with Crippen LogP contribution in [0.1, 0.15) is 13.8 Å². The highest BCUT2D eigenvalue weighted by Gasteiger charge is 1.97. The Labute approximate surface area is 66.6 Å². The lowest BCUT2D eigenvalue weighted by molar-refractivity contribution is -0.113. The Bertz CT molecular complexity index is 204. The van der Waals surface area contributed by atoms with Gasteiger partial charge in [0.15, 0.2) is 5.78 Å². The Balaban J connectivity index is 4.35. The van der Waals surface area contributed by atoms with Crippen molar-refractivity contribution >= 4 is 18.7 Å². The molecule has 0 rings (SSSR count). The molecule has 0 unspecified atom stereocenters. The molecule has 11 heavy (non-hydrogen) atoms. The molecular formula is C8H12N2O. The van der Waals surface area contributed by atoms with Gasteiger partial charge in [0, 0.05) is 19.0 Å². The fraction of sp³-hybridized carbons (Fsp3) is 0.375. The first kappa shape index (κ1) is 9.75. The first-order valence-corrected chi connectivity index (χ1v) is 3.39. The van der Waals surface area contributed by atoms with E-state index in [2.05, 4.69) is 16.7 Å². The van der Waals surface area contributed by atoms with E-state index in [0.717, 1.165) is 0 Å². The van der Waals surface area contributed by atoms with E-state index in [1.54, 1.807) is 0 Å². The van der Waals surface area contributed by atoms with Crippen molar-refractivity contribution in [3.05, 3.63) is 11.8 Å². The number of carbonyl (C=O) groups excluding carboxylic acids is 1. The minimum Gasteiger partial charge on any atom is -0.294 e. The summed E-state index contributed by atoms with van der Waals surface area (Å²) in [5.41, 5.74) is 0.488. The molecule has 0 saturated heterocycles. The molecule has 0 atom stereocenters. The zero-order chi connectivity index (χ0) is 8.69. The molecule has 3 nitrogen and oxygen atoms in total. The molecule has 0 bridgehead atoms. The molecule has 0 saturated carbocycles. The van der Waals surface area contributed by atoms with Gasteiger partial charge in [0.05, 0.1) is 5.57 Å². The molecule has 0 aliphatic heterocycles. The van der Waals surface area contributed by atoms with Crippen LogP contribution in [0.15, 0.2) is 21.8 Å². The van der Waals surface area contributed by atoms with Gasteiger partial charge in [-0.1, -0.05) is 0 Å². The van der Waals surface area contributed by atoms with Crippen LogP contribution in [-0.2, 0) is 4.79 Å². The van der Waals surface area contributed by atoms with Crippen molar-refractivity contribution in [2.45, 2.75) is 13.8 Å². The Morgan fingerprint density at radius 2 is 2.27 bits per heavy atom. The van der Waals surface area contributed by atoms with Gasteiger partial charge in [0.1, 0.15) is 0 Å². The van der Waals surface area contributed by atoms with Gasteiger partial charge in [-0.2, -0.15) is 0 Å². The Kier molecular flexibility index (Phi) is 4.90. The van der Waals surface area contributed by atoms with E-state index in [0.29, 0.717) is 12.1 Å². The van der Waals surface area contributed by atoms with Gasteiger partial charge in [-0.05, 0) is 20.6 Å². The van der Waals surface area contributed by atoms with E-state index in [1.807, 2.05) is 6.92 Å². The van der Waals surface area contributed by atoms with Gasteiger partial charge in [-0.3, -0.25) is 14.8 Å². The van der Waals surface area contributed by atoms with Crippen molar-refractivity contribution in [1.29, 1.82) is 0 Å². The molecule has 0 N–H and O–H groups in total. The number of aliphatic imine (C=N–C) groups is 2. The number of allylic oxidation sites excluding steroid dienone is 1. The molecule has 0 aromatic rings. The molecule has 0 aromatic heterocycles. The molecule has 0 fully saturated rings. The van der Waals surface area contributed by atoms with Gasteiger partial charge in [0.2, 0.25) is 0 Å². The van der Waals surface area contributed by atoms with E-state index in [4.69, 9.17) is 0 Å². The van der Waals surface area contributed by atoms with Crippen LogP contribution >= 0.6 is 0 Å². The number of hydrogen-bond donors (Lipinski definition) is 0. The van der Waals surface area contributed by atoms with Gasteiger partial charge < -0.3 is 0 Å². The van der Waals surface area contributed by atoms with E-state index >= 15 is 0 Å². The third kappa shape index (κ3) is 4.19. The third-order valence-electron chi connectivity index (χ3n) is 1.05. The number of nitrogens with zero attached hydrogens (tertiary/aromatic N) is 2. The van der Waals surface area contributed by atoms with Gasteiger partial charge >= 0.3 is 0 Å². The number of carbonyl (C=O) groups is 1. The van der Waals surface area contributed by atoms with Crippen LogP contribution < -0.4 is 0 Å². The van der Waals surface area contributed by atoms with Gasteiger partial charge in [-0.15, -0.1) is 0 Å². The SMILES string of the molecule is C=N/C=C(\C=NCC)C(C)=O. The average Bonchev–Trinajstić information content (AvgIpc) is 1.97. The van der Waals surface area contributed by atoms with E-state index in [9.17, 15) is 4.79 Å². The second-order valence-corrected chi connectivity index (χ2v) is 1.95. The lowest BCUT2D eigenvalue weighted by atomic mass is 10.2. The maximum atomic E-state index is 10.8. The molecule has 0 spiro atoms. The minimum absolute atomic E-state index is 0.0467. The summed E-state index contributed by atoms with van der Waals surface area (Å²) in [6.07, 6.45) is 2.92. The summed E-state index contributed by atoms with van der Waals surface area (Å²) < 4.78 is 0. The van der Waals surface area contributed by atoms with E-state index in [1.165, 1.54) is 19.3 Å². The molecule has 0 amide bonds. The quantitative estimate of drug-likeness (QED) is 0.441. The molecule has 0 aromatic carbocycles. The maximum Gasteiger partial charge on any atom is 0.162 e. The second-order valence-electron chi connectivity index (χ2n) is 1.95. The van der Waals surface area contributed by atoms with Crippen molar-refractivity contribution in [3.8, 4) is 0 Å². The zero-order valence-corrected chi connectivity index (χ0v) is 6.87. The third-order valence-corrected chi connectivity index (χ3v) is 1.05. The van der Waals surface area contributed by atoms with E-state index in [-0.39, 0.29) is 5.78 Å². The highest BCUT2D eigenvalue weighted by Crippen LogP contribution is 1.92. The van der Waals surface area contributed by atoms with Crippen LogP contribution in [0.4, 0.5) is 0 Å². The van der Waals surface area contributed by atoms with Crippen LogP contribution in [-0.4, -0.2) is 25.3 Å². The molecule has 60 valence electrons. The summed E-state index contributed by atoms with van der Waals surface area (Å²) in [5.74, 6) is -0.0467. The number of hydrogen-bond acceptors (Lipinski definition) is 3. The van der Waals surface area contributed by atoms with Crippen LogP contribution in [0.3, 0.4) is 0 Å². The van der Waals surface area contributed by atoms with Crippen LogP contribution in [0, 0.1) is 0 Å². The molecule has 0 aliphatic rings. The summed E-state index contributed by atoms with van der Waals surface area (Å²) in [6, 6.07) is 0. The smallest absolute Gasteiger partial charge is 0.162 e.